The highest BCUT2D eigenvalue weighted by Crippen LogP contribution is 2.66. The summed E-state index contributed by atoms with van der Waals surface area (Å²) in [5.41, 5.74) is -1.50. The van der Waals surface area contributed by atoms with Crippen LogP contribution < -0.4 is 0 Å². The fourth-order valence-corrected chi connectivity index (χ4v) is 6.87. The molecule has 3 fully saturated rings. The van der Waals surface area contributed by atoms with Gasteiger partial charge in [-0.2, -0.15) is 8.42 Å². The Labute approximate surface area is 131 Å². The van der Waals surface area contributed by atoms with E-state index in [9.17, 15) is 22.9 Å². The van der Waals surface area contributed by atoms with Crippen molar-refractivity contribution in [3.63, 3.8) is 0 Å². The van der Waals surface area contributed by atoms with Crippen molar-refractivity contribution < 1.29 is 22.9 Å². The van der Waals surface area contributed by atoms with E-state index >= 15 is 0 Å². The number of hydrogen-bond acceptors (Lipinski definition) is 5. The average Bonchev–Trinajstić information content (AvgIpc) is 2.72. The Kier molecular flexibility index (Phi) is 3.72. The first kappa shape index (κ1) is 16.4. The standard InChI is InChI=1S/C15H25NO5S/c1-14(2)10-5-6-15(14,12(18)8-10)13(22(19,20)21)16-7-3-4-11(17)9-16/h10-11,13,17H,3-9H2,1-2H3,(H,19,20,21)/t10?,11-,13+,15?/m1/s1. The number of aliphatic hydroxyl groups is 1. The summed E-state index contributed by atoms with van der Waals surface area (Å²) in [5.74, 6) is 0.135. The number of hydrogen-bond donors (Lipinski definition) is 2. The van der Waals surface area contributed by atoms with Gasteiger partial charge in [-0.3, -0.25) is 14.2 Å². The van der Waals surface area contributed by atoms with E-state index in [4.69, 9.17) is 0 Å². The van der Waals surface area contributed by atoms with Crippen LogP contribution in [0, 0.1) is 16.7 Å². The van der Waals surface area contributed by atoms with Crippen molar-refractivity contribution in [2.75, 3.05) is 13.1 Å². The fraction of sp³-hybridized carbons (Fsp3) is 0.933. The van der Waals surface area contributed by atoms with Crippen molar-refractivity contribution in [1.29, 1.82) is 0 Å². The van der Waals surface area contributed by atoms with Crippen LogP contribution in [-0.4, -0.2) is 53.3 Å². The maximum absolute atomic E-state index is 12.7. The molecule has 0 aromatic carbocycles. The van der Waals surface area contributed by atoms with Gasteiger partial charge in [-0.05, 0) is 43.6 Å². The quantitative estimate of drug-likeness (QED) is 0.751. The summed E-state index contributed by atoms with van der Waals surface area (Å²) in [6.45, 7) is 4.58. The molecule has 1 heterocycles. The van der Waals surface area contributed by atoms with Gasteiger partial charge in [0, 0.05) is 13.0 Å². The Morgan fingerprint density at radius 2 is 2.00 bits per heavy atom. The summed E-state index contributed by atoms with van der Waals surface area (Å²) in [6, 6.07) is 0. The van der Waals surface area contributed by atoms with Gasteiger partial charge in [0.15, 0.2) is 5.37 Å². The van der Waals surface area contributed by atoms with Crippen molar-refractivity contribution in [3.05, 3.63) is 0 Å². The monoisotopic (exact) mass is 331 g/mol. The van der Waals surface area contributed by atoms with Crippen LogP contribution in [0.15, 0.2) is 0 Å². The molecule has 3 rings (SSSR count). The molecule has 4 atom stereocenters. The molecule has 1 aliphatic heterocycles. The number of aliphatic hydroxyl groups excluding tert-OH is 1. The number of likely N-dealkylation sites (tertiary alicyclic amines) is 1. The molecule has 22 heavy (non-hydrogen) atoms. The third kappa shape index (κ3) is 2.09. The molecule has 2 N–H and O–H groups in total. The van der Waals surface area contributed by atoms with Crippen molar-refractivity contribution in [1.82, 2.24) is 4.90 Å². The first-order valence-electron chi connectivity index (χ1n) is 8.02. The first-order chi connectivity index (χ1) is 10.1. The van der Waals surface area contributed by atoms with Crippen LogP contribution in [-0.2, 0) is 14.9 Å². The normalized spacial score (nSPS) is 40.1. The number of nitrogens with zero attached hydrogens (tertiary/aromatic N) is 1. The summed E-state index contributed by atoms with van der Waals surface area (Å²) < 4.78 is 34.4. The summed E-state index contributed by atoms with van der Waals surface area (Å²) >= 11 is 0. The van der Waals surface area contributed by atoms with E-state index < -0.39 is 32.4 Å². The molecule has 2 saturated carbocycles. The van der Waals surface area contributed by atoms with Crippen LogP contribution in [0.3, 0.4) is 0 Å². The Morgan fingerprint density at radius 1 is 1.32 bits per heavy atom. The Bertz CT molecular complexity index is 587. The number of fused-ring (bicyclic) bond motifs is 2. The van der Waals surface area contributed by atoms with Crippen molar-refractivity contribution in [2.45, 2.75) is 57.4 Å². The molecule has 6 nitrogen and oxygen atoms in total. The van der Waals surface area contributed by atoms with Gasteiger partial charge in [0.25, 0.3) is 10.1 Å². The lowest BCUT2D eigenvalue weighted by Gasteiger charge is -2.47. The molecule has 7 heteroatoms. The zero-order valence-corrected chi connectivity index (χ0v) is 14.0. The van der Waals surface area contributed by atoms with Crippen LogP contribution in [0.5, 0.6) is 0 Å². The van der Waals surface area contributed by atoms with E-state index in [1.165, 1.54) is 0 Å². The molecule has 3 aliphatic rings. The molecule has 0 aromatic rings. The lowest BCUT2D eigenvalue weighted by atomic mass is 9.68. The molecule has 126 valence electrons. The van der Waals surface area contributed by atoms with Gasteiger partial charge in [0.1, 0.15) is 5.78 Å². The van der Waals surface area contributed by atoms with Gasteiger partial charge in [-0.15, -0.1) is 0 Å². The fourth-order valence-electron chi connectivity index (χ4n) is 5.24. The lowest BCUT2D eigenvalue weighted by Crippen LogP contribution is -2.60. The minimum absolute atomic E-state index is 0.0450. The molecule has 0 amide bonds. The van der Waals surface area contributed by atoms with Crippen LogP contribution >= 0.6 is 0 Å². The number of carbonyl (C=O) groups excluding carboxylic acids is 1. The average molecular weight is 331 g/mol. The van der Waals surface area contributed by atoms with Gasteiger partial charge in [-0.1, -0.05) is 13.8 Å². The van der Waals surface area contributed by atoms with Crippen LogP contribution in [0.1, 0.15) is 46.0 Å². The Morgan fingerprint density at radius 3 is 2.45 bits per heavy atom. The minimum atomic E-state index is -4.43. The van der Waals surface area contributed by atoms with E-state index in [0.29, 0.717) is 32.2 Å². The molecule has 0 radical (unpaired) electrons. The van der Waals surface area contributed by atoms with Gasteiger partial charge < -0.3 is 5.11 Å². The minimum Gasteiger partial charge on any atom is -0.392 e. The predicted octanol–water partition coefficient (Wildman–Crippen LogP) is 1.05. The summed E-state index contributed by atoms with van der Waals surface area (Å²) in [4.78, 5) is 14.3. The number of ketones is 1. The predicted molar refractivity (Wildman–Crippen MR) is 80.7 cm³/mol. The summed E-state index contributed by atoms with van der Waals surface area (Å²) in [7, 11) is -4.43. The summed E-state index contributed by atoms with van der Waals surface area (Å²) in [5, 5.41) is 8.67. The Hall–Kier alpha value is -0.500. The second-order valence-corrected chi connectivity index (χ2v) is 9.19. The van der Waals surface area contributed by atoms with E-state index in [1.54, 1.807) is 4.90 Å². The first-order valence-corrected chi connectivity index (χ1v) is 9.53. The number of rotatable bonds is 3. The molecule has 0 aromatic heterocycles. The zero-order chi connectivity index (χ0) is 16.3. The number of β-amino-alcohol motifs (C(OH)–C–C–N with tert-alkyl or cyclic N) is 1. The highest BCUT2D eigenvalue weighted by molar-refractivity contribution is 7.86. The highest BCUT2D eigenvalue weighted by Gasteiger charge is 2.70. The Balaban J connectivity index is 2.08. The SMILES string of the molecule is CC1(C)C2CCC1([C@@H](N1CCC[C@@H](O)C1)S(=O)(=O)O)C(=O)C2. The van der Waals surface area contributed by atoms with E-state index in [0.717, 1.165) is 6.42 Å². The maximum atomic E-state index is 12.7. The van der Waals surface area contributed by atoms with Crippen molar-refractivity contribution in [2.24, 2.45) is 16.7 Å². The second-order valence-electron chi connectivity index (χ2n) is 7.71. The van der Waals surface area contributed by atoms with Crippen molar-refractivity contribution >= 4 is 15.9 Å². The van der Waals surface area contributed by atoms with Gasteiger partial charge >= 0.3 is 0 Å². The molecule has 1 saturated heterocycles. The third-order valence-electron chi connectivity index (χ3n) is 6.45. The second kappa shape index (κ2) is 5.00. The smallest absolute Gasteiger partial charge is 0.282 e. The third-order valence-corrected chi connectivity index (χ3v) is 7.71. The van der Waals surface area contributed by atoms with E-state index in [2.05, 4.69) is 0 Å². The zero-order valence-electron chi connectivity index (χ0n) is 13.2. The summed E-state index contributed by atoms with van der Waals surface area (Å²) in [6.07, 6.45) is 2.41. The van der Waals surface area contributed by atoms with Crippen LogP contribution in [0.2, 0.25) is 0 Å². The van der Waals surface area contributed by atoms with E-state index in [-0.39, 0.29) is 18.2 Å². The van der Waals surface area contributed by atoms with Gasteiger partial charge in [0.05, 0.1) is 11.5 Å². The van der Waals surface area contributed by atoms with Crippen LogP contribution in [0.25, 0.3) is 0 Å². The van der Waals surface area contributed by atoms with Crippen molar-refractivity contribution in [3.8, 4) is 0 Å². The number of Topliss-reactive ketones (excluding diaryl/α,β-unsaturated/α-hetero) is 1. The highest BCUT2D eigenvalue weighted by atomic mass is 32.2. The topological polar surface area (TPSA) is 94.9 Å². The molecule has 2 unspecified atom stereocenters. The molecule has 0 spiro atoms. The lowest BCUT2D eigenvalue weighted by molar-refractivity contribution is -0.133. The maximum Gasteiger partial charge on any atom is 0.282 e. The molecule has 2 bridgehead atoms. The molecular formula is C15H25NO5S. The van der Waals surface area contributed by atoms with E-state index in [1.807, 2.05) is 13.8 Å². The van der Waals surface area contributed by atoms with Gasteiger partial charge in [0.2, 0.25) is 0 Å². The molecule has 2 aliphatic carbocycles. The molecular weight excluding hydrogens is 306 g/mol. The van der Waals surface area contributed by atoms with Crippen LogP contribution in [0.4, 0.5) is 0 Å². The number of piperidine rings is 1. The van der Waals surface area contributed by atoms with Gasteiger partial charge in [-0.25, -0.2) is 0 Å². The number of carbonyl (C=O) groups is 1. The largest absolute Gasteiger partial charge is 0.392 e.